The molecule has 1 aliphatic rings. The summed E-state index contributed by atoms with van der Waals surface area (Å²) in [6.45, 7) is 1.14. The van der Waals surface area contributed by atoms with Crippen LogP contribution in [0.25, 0.3) is 6.08 Å². The predicted octanol–water partition coefficient (Wildman–Crippen LogP) is 1.65. The van der Waals surface area contributed by atoms with E-state index in [0.29, 0.717) is 25.9 Å². The molecular weight excluding hydrogens is 318 g/mol. The van der Waals surface area contributed by atoms with Crippen LogP contribution in [0.5, 0.6) is 0 Å². The second-order valence-electron chi connectivity index (χ2n) is 6.23. The van der Waals surface area contributed by atoms with Crippen molar-refractivity contribution in [1.29, 1.82) is 0 Å². The number of ether oxygens (including phenoxy) is 1. The molecule has 4 N–H and O–H groups in total. The summed E-state index contributed by atoms with van der Waals surface area (Å²) in [5, 5.41) is 0. The first-order valence-electron chi connectivity index (χ1n) is 8.81. The first-order chi connectivity index (χ1) is 12.1. The highest BCUT2D eigenvalue weighted by molar-refractivity contribution is 5.88. The SMILES string of the molecule is NCCCC[C@H](N)C(=O)N1CCC[C@H]1C(=O)O/C=C/c1ccccc1. The monoisotopic (exact) mass is 345 g/mol. The summed E-state index contributed by atoms with van der Waals surface area (Å²) in [5.41, 5.74) is 12.4. The van der Waals surface area contributed by atoms with Gasteiger partial charge in [0, 0.05) is 6.54 Å². The van der Waals surface area contributed by atoms with Crippen molar-refractivity contribution >= 4 is 18.0 Å². The van der Waals surface area contributed by atoms with E-state index in [4.69, 9.17) is 16.2 Å². The van der Waals surface area contributed by atoms with Gasteiger partial charge in [0.05, 0.1) is 12.3 Å². The molecule has 6 heteroatoms. The zero-order chi connectivity index (χ0) is 18.1. The molecule has 0 bridgehead atoms. The molecule has 0 radical (unpaired) electrons. The molecule has 0 spiro atoms. The number of benzene rings is 1. The Kier molecular flexibility index (Phi) is 7.63. The van der Waals surface area contributed by atoms with E-state index in [1.165, 1.54) is 6.26 Å². The van der Waals surface area contributed by atoms with Gasteiger partial charge in [0.25, 0.3) is 0 Å². The molecule has 0 aliphatic carbocycles. The molecule has 1 aliphatic heterocycles. The standard InChI is InChI=1S/C19H27N3O3/c20-12-5-4-9-16(21)18(23)22-13-6-10-17(22)19(24)25-14-11-15-7-2-1-3-8-15/h1-3,7-8,11,14,16-17H,4-6,9-10,12-13,20-21H2/b14-11+/t16-,17-/m0/s1. The molecule has 2 atom stereocenters. The Labute approximate surface area is 148 Å². The molecule has 1 saturated heterocycles. The highest BCUT2D eigenvalue weighted by Gasteiger charge is 2.36. The number of nitrogens with zero attached hydrogens (tertiary/aromatic N) is 1. The molecule has 1 aromatic carbocycles. The second kappa shape index (κ2) is 9.96. The Bertz CT molecular complexity index is 589. The van der Waals surface area contributed by atoms with Crippen LogP contribution in [0.15, 0.2) is 36.6 Å². The summed E-state index contributed by atoms with van der Waals surface area (Å²) in [6.07, 6.45) is 6.73. The van der Waals surface area contributed by atoms with Gasteiger partial charge < -0.3 is 21.1 Å². The zero-order valence-electron chi connectivity index (χ0n) is 14.5. The lowest BCUT2D eigenvalue weighted by atomic mass is 10.1. The van der Waals surface area contributed by atoms with Gasteiger partial charge in [0.15, 0.2) is 0 Å². The number of rotatable bonds is 8. The normalized spacial score (nSPS) is 18.5. The van der Waals surface area contributed by atoms with E-state index in [9.17, 15) is 9.59 Å². The average molecular weight is 345 g/mol. The van der Waals surface area contributed by atoms with Gasteiger partial charge >= 0.3 is 5.97 Å². The van der Waals surface area contributed by atoms with Crippen molar-refractivity contribution in [2.24, 2.45) is 11.5 Å². The van der Waals surface area contributed by atoms with Crippen molar-refractivity contribution in [3.63, 3.8) is 0 Å². The first-order valence-corrected chi connectivity index (χ1v) is 8.81. The summed E-state index contributed by atoms with van der Waals surface area (Å²) < 4.78 is 5.22. The van der Waals surface area contributed by atoms with Crippen molar-refractivity contribution in [3.05, 3.63) is 42.2 Å². The summed E-state index contributed by atoms with van der Waals surface area (Å²) in [6, 6.07) is 8.43. The molecular formula is C19H27N3O3. The number of nitrogens with two attached hydrogens (primary N) is 2. The Hall–Kier alpha value is -2.18. The van der Waals surface area contributed by atoms with Gasteiger partial charge in [0.2, 0.25) is 5.91 Å². The number of hydrogen-bond acceptors (Lipinski definition) is 5. The predicted molar refractivity (Wildman–Crippen MR) is 97.2 cm³/mol. The van der Waals surface area contributed by atoms with Crippen LogP contribution in [0, 0.1) is 0 Å². The van der Waals surface area contributed by atoms with Crippen molar-refractivity contribution in [2.75, 3.05) is 13.1 Å². The van der Waals surface area contributed by atoms with E-state index in [1.54, 1.807) is 11.0 Å². The quantitative estimate of drug-likeness (QED) is 0.424. The minimum Gasteiger partial charge on any atom is -0.433 e. The minimum atomic E-state index is -0.584. The lowest BCUT2D eigenvalue weighted by molar-refractivity contribution is -0.149. The van der Waals surface area contributed by atoms with Gasteiger partial charge in [-0.25, -0.2) is 4.79 Å². The maximum Gasteiger partial charge on any atom is 0.333 e. The Morgan fingerprint density at radius 2 is 2.04 bits per heavy atom. The molecule has 1 fully saturated rings. The van der Waals surface area contributed by atoms with Crippen molar-refractivity contribution in [2.45, 2.75) is 44.2 Å². The highest BCUT2D eigenvalue weighted by atomic mass is 16.5. The average Bonchev–Trinajstić information content (AvgIpc) is 3.12. The van der Waals surface area contributed by atoms with E-state index >= 15 is 0 Å². The van der Waals surface area contributed by atoms with Crippen LogP contribution in [0.4, 0.5) is 0 Å². The molecule has 0 aromatic heterocycles. The largest absolute Gasteiger partial charge is 0.433 e. The molecule has 6 nitrogen and oxygen atoms in total. The van der Waals surface area contributed by atoms with Crippen LogP contribution in [0.3, 0.4) is 0 Å². The van der Waals surface area contributed by atoms with Gasteiger partial charge in [-0.05, 0) is 43.9 Å². The smallest absolute Gasteiger partial charge is 0.333 e. The van der Waals surface area contributed by atoms with Crippen LogP contribution in [-0.2, 0) is 14.3 Å². The summed E-state index contributed by atoms with van der Waals surface area (Å²) in [4.78, 5) is 26.4. The molecule has 1 heterocycles. The summed E-state index contributed by atoms with van der Waals surface area (Å²) in [5.74, 6) is -0.587. The van der Waals surface area contributed by atoms with Gasteiger partial charge in [-0.15, -0.1) is 0 Å². The number of carbonyl (C=O) groups is 2. The molecule has 136 valence electrons. The molecule has 0 unspecified atom stereocenters. The topological polar surface area (TPSA) is 98.6 Å². The van der Waals surface area contributed by atoms with Crippen LogP contribution in [0.2, 0.25) is 0 Å². The molecule has 0 saturated carbocycles. The zero-order valence-corrected chi connectivity index (χ0v) is 14.5. The maximum atomic E-state index is 12.5. The number of unbranched alkanes of at least 4 members (excludes halogenated alkanes) is 1. The summed E-state index contributed by atoms with van der Waals surface area (Å²) in [7, 11) is 0. The highest BCUT2D eigenvalue weighted by Crippen LogP contribution is 2.20. The van der Waals surface area contributed by atoms with Crippen molar-refractivity contribution < 1.29 is 14.3 Å². The Morgan fingerprint density at radius 3 is 2.76 bits per heavy atom. The number of amides is 1. The minimum absolute atomic E-state index is 0.177. The van der Waals surface area contributed by atoms with Crippen LogP contribution < -0.4 is 11.5 Å². The van der Waals surface area contributed by atoms with Crippen LogP contribution >= 0.6 is 0 Å². The van der Waals surface area contributed by atoms with E-state index < -0.39 is 18.1 Å². The Morgan fingerprint density at radius 1 is 1.28 bits per heavy atom. The van der Waals surface area contributed by atoms with Gasteiger partial charge in [-0.1, -0.05) is 36.8 Å². The fraction of sp³-hybridized carbons (Fsp3) is 0.474. The lowest BCUT2D eigenvalue weighted by Crippen LogP contribution is -2.48. The van der Waals surface area contributed by atoms with Gasteiger partial charge in [-0.3, -0.25) is 4.79 Å². The molecule has 1 amide bonds. The van der Waals surface area contributed by atoms with Crippen LogP contribution in [-0.4, -0.2) is 41.9 Å². The van der Waals surface area contributed by atoms with Crippen molar-refractivity contribution in [3.8, 4) is 0 Å². The fourth-order valence-electron chi connectivity index (χ4n) is 2.94. The third-order valence-electron chi connectivity index (χ3n) is 4.34. The molecule has 1 aromatic rings. The van der Waals surface area contributed by atoms with E-state index in [0.717, 1.165) is 24.8 Å². The Balaban J connectivity index is 1.87. The fourth-order valence-corrected chi connectivity index (χ4v) is 2.94. The number of esters is 1. The number of likely N-dealkylation sites (tertiary alicyclic amines) is 1. The maximum absolute atomic E-state index is 12.5. The second-order valence-corrected chi connectivity index (χ2v) is 6.23. The third kappa shape index (κ3) is 5.69. The number of hydrogen-bond donors (Lipinski definition) is 2. The first kappa shape index (κ1) is 19.1. The van der Waals surface area contributed by atoms with Gasteiger partial charge in [-0.2, -0.15) is 0 Å². The van der Waals surface area contributed by atoms with Gasteiger partial charge in [0.1, 0.15) is 6.04 Å². The molecule has 25 heavy (non-hydrogen) atoms. The lowest BCUT2D eigenvalue weighted by Gasteiger charge is -2.25. The van der Waals surface area contributed by atoms with Crippen LogP contribution in [0.1, 0.15) is 37.7 Å². The van der Waals surface area contributed by atoms with E-state index in [-0.39, 0.29) is 5.91 Å². The van der Waals surface area contributed by atoms with E-state index in [1.807, 2.05) is 30.3 Å². The third-order valence-corrected chi connectivity index (χ3v) is 4.34. The number of carbonyl (C=O) groups excluding carboxylic acids is 2. The summed E-state index contributed by atoms with van der Waals surface area (Å²) >= 11 is 0. The van der Waals surface area contributed by atoms with Crippen molar-refractivity contribution in [1.82, 2.24) is 4.90 Å². The molecule has 2 rings (SSSR count). The van der Waals surface area contributed by atoms with E-state index in [2.05, 4.69) is 0 Å².